The second-order valence-corrected chi connectivity index (χ2v) is 6.93. The van der Waals surface area contributed by atoms with E-state index < -0.39 is 12.1 Å². The number of amides is 1. The predicted molar refractivity (Wildman–Crippen MR) is 100 cm³/mol. The molecule has 7 nitrogen and oxygen atoms in total. The number of hydrogen-bond acceptors (Lipinski definition) is 5. The summed E-state index contributed by atoms with van der Waals surface area (Å²) in [6.07, 6.45) is -3.71. The zero-order chi connectivity index (χ0) is 20.9. The smallest absolute Gasteiger partial charge is 0.340 e. The van der Waals surface area contributed by atoms with E-state index >= 15 is 0 Å². The quantitative estimate of drug-likeness (QED) is 0.534. The van der Waals surface area contributed by atoms with Crippen LogP contribution in [0.1, 0.15) is 30.6 Å². The summed E-state index contributed by atoms with van der Waals surface area (Å²) < 4.78 is 42.3. The van der Waals surface area contributed by atoms with Crippen LogP contribution in [0.5, 0.6) is 0 Å². The van der Waals surface area contributed by atoms with Crippen molar-refractivity contribution in [1.29, 1.82) is 0 Å². The number of aromatic nitrogens is 4. The Balaban J connectivity index is 1.45. The lowest BCUT2D eigenvalue weighted by Gasteiger charge is -2.23. The van der Waals surface area contributed by atoms with Gasteiger partial charge in [-0.15, -0.1) is 0 Å². The summed E-state index contributed by atoms with van der Waals surface area (Å²) in [6.45, 7) is 0. The molecule has 2 aromatic heterocycles. The van der Waals surface area contributed by atoms with Gasteiger partial charge >= 0.3 is 12.1 Å². The van der Waals surface area contributed by atoms with Crippen molar-refractivity contribution in [2.75, 3.05) is 4.90 Å². The van der Waals surface area contributed by atoms with E-state index in [0.717, 1.165) is 11.0 Å². The Bertz CT molecular complexity index is 1200. The molecule has 152 valence electrons. The fraction of sp³-hybridized carbons (Fsp3) is 0.200. The van der Waals surface area contributed by atoms with Crippen molar-refractivity contribution >= 4 is 22.6 Å². The van der Waals surface area contributed by atoms with E-state index in [2.05, 4.69) is 24.6 Å². The van der Waals surface area contributed by atoms with Gasteiger partial charge in [-0.25, -0.2) is 4.98 Å². The number of fused-ring (bicyclic) bond motifs is 1. The number of aromatic amines is 1. The number of carbonyl (C=O) groups is 1. The molecule has 5 rings (SSSR count). The number of imidazole rings is 1. The molecule has 1 atom stereocenters. The topological polar surface area (TPSA) is 87.9 Å². The minimum absolute atomic E-state index is 0.0490. The van der Waals surface area contributed by atoms with Crippen LogP contribution in [-0.2, 0) is 11.0 Å². The van der Waals surface area contributed by atoms with E-state index in [4.69, 9.17) is 0 Å². The number of hydrogen-bond donors (Lipinski definition) is 1. The van der Waals surface area contributed by atoms with Gasteiger partial charge < -0.3 is 14.4 Å². The Morgan fingerprint density at radius 2 is 1.83 bits per heavy atom. The van der Waals surface area contributed by atoms with Crippen molar-refractivity contribution in [3.05, 3.63) is 60.2 Å². The first-order chi connectivity index (χ1) is 14.4. The second kappa shape index (κ2) is 6.68. The highest BCUT2D eigenvalue weighted by molar-refractivity contribution is 5.96. The van der Waals surface area contributed by atoms with Crippen LogP contribution in [0.15, 0.2) is 53.1 Å². The first-order valence-corrected chi connectivity index (χ1v) is 9.18. The number of nitrogens with zero attached hydrogens (tertiary/aromatic N) is 4. The minimum Gasteiger partial charge on any atom is -0.340 e. The molecular weight excluding hydrogens is 399 g/mol. The minimum atomic E-state index is -4.70. The number of benzene rings is 2. The maximum absolute atomic E-state index is 12.7. The van der Waals surface area contributed by atoms with Gasteiger partial charge in [-0.1, -0.05) is 17.3 Å². The standard InChI is InChI=1S/C20H14F3N5O2/c21-20(22,23)19-26-17(27-30-19)11-5-7-12(8-6-11)28-15(9-10-16(28)29)18-24-13-3-1-2-4-14(13)25-18/h1-8,15H,9-10H2,(H,24,25). The van der Waals surface area contributed by atoms with Crippen molar-refractivity contribution in [3.8, 4) is 11.4 Å². The lowest BCUT2D eigenvalue weighted by Crippen LogP contribution is -2.27. The number of alkyl halides is 3. The average Bonchev–Trinajstić information content (AvgIpc) is 3.45. The third-order valence-electron chi connectivity index (χ3n) is 5.01. The average molecular weight is 413 g/mol. The van der Waals surface area contributed by atoms with E-state index in [0.29, 0.717) is 29.9 Å². The maximum Gasteiger partial charge on any atom is 0.471 e. The van der Waals surface area contributed by atoms with E-state index in [1.165, 1.54) is 0 Å². The highest BCUT2D eigenvalue weighted by Crippen LogP contribution is 2.37. The summed E-state index contributed by atoms with van der Waals surface area (Å²) in [7, 11) is 0. The Labute approximate surface area is 167 Å². The highest BCUT2D eigenvalue weighted by Gasteiger charge is 2.39. The number of rotatable bonds is 3. The fourth-order valence-electron chi connectivity index (χ4n) is 3.62. The second-order valence-electron chi connectivity index (χ2n) is 6.93. The molecule has 2 aromatic carbocycles. The van der Waals surface area contributed by atoms with E-state index in [9.17, 15) is 18.0 Å². The van der Waals surface area contributed by atoms with Crippen LogP contribution in [0.3, 0.4) is 0 Å². The highest BCUT2D eigenvalue weighted by atomic mass is 19.4. The van der Waals surface area contributed by atoms with Crippen LogP contribution in [0.25, 0.3) is 22.4 Å². The predicted octanol–water partition coefficient (Wildman–Crippen LogP) is 4.50. The molecule has 10 heteroatoms. The van der Waals surface area contributed by atoms with E-state index in [1.807, 2.05) is 24.3 Å². The molecule has 1 saturated heterocycles. The van der Waals surface area contributed by atoms with Gasteiger partial charge in [0, 0.05) is 17.7 Å². The van der Waals surface area contributed by atoms with Gasteiger partial charge in [-0.05, 0) is 42.8 Å². The molecule has 30 heavy (non-hydrogen) atoms. The third kappa shape index (κ3) is 3.10. The maximum atomic E-state index is 12.7. The molecule has 1 aliphatic rings. The molecule has 0 bridgehead atoms. The fourth-order valence-corrected chi connectivity index (χ4v) is 3.62. The van der Waals surface area contributed by atoms with Gasteiger partial charge in [-0.2, -0.15) is 18.2 Å². The van der Waals surface area contributed by atoms with Crippen molar-refractivity contribution in [2.24, 2.45) is 0 Å². The van der Waals surface area contributed by atoms with E-state index in [-0.39, 0.29) is 17.8 Å². The summed E-state index contributed by atoms with van der Waals surface area (Å²) in [5.41, 5.74) is 2.68. The molecule has 0 spiro atoms. The van der Waals surface area contributed by atoms with Crippen molar-refractivity contribution < 1.29 is 22.5 Å². The van der Waals surface area contributed by atoms with Crippen LogP contribution in [0, 0.1) is 0 Å². The van der Waals surface area contributed by atoms with Gasteiger partial charge in [0.2, 0.25) is 11.7 Å². The number of halogens is 3. The van der Waals surface area contributed by atoms with Crippen molar-refractivity contribution in [2.45, 2.75) is 25.1 Å². The third-order valence-corrected chi connectivity index (χ3v) is 5.01. The molecule has 0 saturated carbocycles. The number of anilines is 1. The summed E-state index contributed by atoms with van der Waals surface area (Å²) >= 11 is 0. The zero-order valence-corrected chi connectivity index (χ0v) is 15.3. The molecule has 0 radical (unpaired) electrons. The Morgan fingerprint density at radius 1 is 1.07 bits per heavy atom. The normalized spacial score (nSPS) is 17.2. The first kappa shape index (κ1) is 18.3. The van der Waals surface area contributed by atoms with Crippen molar-refractivity contribution in [1.82, 2.24) is 20.1 Å². The number of para-hydroxylation sites is 2. The van der Waals surface area contributed by atoms with Gasteiger partial charge in [0.05, 0.1) is 17.1 Å². The molecule has 0 aliphatic carbocycles. The molecule has 3 heterocycles. The van der Waals surface area contributed by atoms with Crippen LogP contribution in [-0.4, -0.2) is 26.0 Å². The largest absolute Gasteiger partial charge is 0.471 e. The Morgan fingerprint density at radius 3 is 2.53 bits per heavy atom. The molecule has 1 unspecified atom stereocenters. The molecule has 1 amide bonds. The summed E-state index contributed by atoms with van der Waals surface area (Å²) in [5, 5.41) is 3.38. The van der Waals surface area contributed by atoms with E-state index in [1.54, 1.807) is 29.2 Å². The summed E-state index contributed by atoms with van der Waals surface area (Å²) in [5.74, 6) is -0.928. The van der Waals surface area contributed by atoms with Gasteiger partial charge in [-0.3, -0.25) is 4.79 Å². The van der Waals surface area contributed by atoms with Crippen LogP contribution >= 0.6 is 0 Å². The SMILES string of the molecule is O=C1CCC(c2nc3ccccc3[nH]2)N1c1ccc(-c2noc(C(F)(F)F)n2)cc1. The zero-order valence-electron chi connectivity index (χ0n) is 15.3. The summed E-state index contributed by atoms with van der Waals surface area (Å²) in [6, 6.07) is 13.8. The van der Waals surface area contributed by atoms with Gasteiger partial charge in [0.15, 0.2) is 0 Å². The van der Waals surface area contributed by atoms with Crippen LogP contribution in [0.4, 0.5) is 18.9 Å². The molecular formula is C20H14F3N5O2. The molecule has 1 N–H and O–H groups in total. The lowest BCUT2D eigenvalue weighted by atomic mass is 10.1. The number of H-pyrrole nitrogens is 1. The number of nitrogens with one attached hydrogen (secondary N) is 1. The number of carbonyl (C=O) groups excluding carboxylic acids is 1. The molecule has 4 aromatic rings. The molecule has 1 fully saturated rings. The van der Waals surface area contributed by atoms with Gasteiger partial charge in [0.1, 0.15) is 5.82 Å². The van der Waals surface area contributed by atoms with Crippen LogP contribution < -0.4 is 4.90 Å². The van der Waals surface area contributed by atoms with Crippen LogP contribution in [0.2, 0.25) is 0 Å². The first-order valence-electron chi connectivity index (χ1n) is 9.18. The Hall–Kier alpha value is -3.69. The Kier molecular flexibility index (Phi) is 4.09. The summed E-state index contributed by atoms with van der Waals surface area (Å²) in [4.78, 5) is 25.5. The van der Waals surface area contributed by atoms with Gasteiger partial charge in [0.25, 0.3) is 0 Å². The lowest BCUT2D eigenvalue weighted by molar-refractivity contribution is -0.159. The molecule has 1 aliphatic heterocycles. The van der Waals surface area contributed by atoms with Crippen molar-refractivity contribution in [3.63, 3.8) is 0 Å². The monoisotopic (exact) mass is 413 g/mol.